The first kappa shape index (κ1) is 14.6. The van der Waals surface area contributed by atoms with Gasteiger partial charge in [0, 0.05) is 5.69 Å². The highest BCUT2D eigenvalue weighted by molar-refractivity contribution is 7.85. The van der Waals surface area contributed by atoms with Crippen LogP contribution in [0.4, 0.5) is 5.69 Å². The number of methoxy groups -OCH3 is 1. The normalized spacial score (nSPS) is 13.7. The molecule has 0 aliphatic rings. The van der Waals surface area contributed by atoms with Crippen LogP contribution in [0.3, 0.4) is 0 Å². The van der Waals surface area contributed by atoms with Gasteiger partial charge in [-0.3, -0.25) is 4.21 Å². The van der Waals surface area contributed by atoms with E-state index in [1.165, 1.54) is 0 Å². The highest BCUT2D eigenvalue weighted by Gasteiger charge is 2.20. The molecule has 0 fully saturated rings. The van der Waals surface area contributed by atoms with Gasteiger partial charge in [-0.25, -0.2) is 0 Å². The van der Waals surface area contributed by atoms with E-state index in [9.17, 15) is 4.21 Å². The Labute approximate surface area is 122 Å². The monoisotopic (exact) mass is 289 g/mol. The summed E-state index contributed by atoms with van der Waals surface area (Å²) >= 11 is 0. The van der Waals surface area contributed by atoms with Crippen molar-refractivity contribution in [2.24, 2.45) is 0 Å². The summed E-state index contributed by atoms with van der Waals surface area (Å²) in [5, 5.41) is -0.0881. The fraction of sp³-hybridized carbons (Fsp3) is 0.250. The van der Waals surface area contributed by atoms with E-state index in [1.807, 2.05) is 49.4 Å². The summed E-state index contributed by atoms with van der Waals surface area (Å²) in [5.41, 5.74) is 7.51. The second-order valence-electron chi connectivity index (χ2n) is 4.51. The van der Waals surface area contributed by atoms with Crippen LogP contribution in [0.1, 0.15) is 24.2 Å². The number of hydrogen-bond donors (Lipinski definition) is 1. The Morgan fingerprint density at radius 1 is 1.20 bits per heavy atom. The van der Waals surface area contributed by atoms with Crippen molar-refractivity contribution in [2.75, 3.05) is 12.8 Å². The summed E-state index contributed by atoms with van der Waals surface area (Å²) in [6.45, 7) is 2.03. The zero-order chi connectivity index (χ0) is 14.5. The second-order valence-corrected chi connectivity index (χ2v) is 6.11. The van der Waals surface area contributed by atoms with E-state index in [1.54, 1.807) is 13.2 Å². The Morgan fingerprint density at radius 3 is 2.60 bits per heavy atom. The molecule has 0 aromatic heterocycles. The average Bonchev–Trinajstić information content (AvgIpc) is 2.48. The Kier molecular flexibility index (Phi) is 4.79. The molecule has 0 radical (unpaired) electrons. The molecule has 0 saturated heterocycles. The lowest BCUT2D eigenvalue weighted by atomic mass is 10.1. The third kappa shape index (κ3) is 3.02. The molecule has 0 saturated carbocycles. The van der Waals surface area contributed by atoms with Crippen LogP contribution < -0.4 is 10.5 Å². The molecule has 0 amide bonds. The zero-order valence-electron chi connectivity index (χ0n) is 11.7. The summed E-state index contributed by atoms with van der Waals surface area (Å²) in [5.74, 6) is 0.777. The van der Waals surface area contributed by atoms with Crippen LogP contribution in [0, 0.1) is 0 Å². The van der Waals surface area contributed by atoms with Gasteiger partial charge in [0.1, 0.15) is 5.75 Å². The molecule has 0 heterocycles. The van der Waals surface area contributed by atoms with Crippen molar-refractivity contribution < 1.29 is 8.95 Å². The molecule has 0 unspecified atom stereocenters. The lowest BCUT2D eigenvalue weighted by Crippen LogP contribution is -2.08. The third-order valence-electron chi connectivity index (χ3n) is 3.23. The summed E-state index contributed by atoms with van der Waals surface area (Å²) in [6.07, 6.45) is 0.772. The average molecular weight is 289 g/mol. The number of anilines is 1. The van der Waals surface area contributed by atoms with Crippen molar-refractivity contribution in [1.82, 2.24) is 0 Å². The largest absolute Gasteiger partial charge is 0.497 e. The molecular formula is C16H19NO2S. The number of para-hydroxylation sites is 1. The summed E-state index contributed by atoms with van der Waals surface area (Å²) in [4.78, 5) is 0.696. The molecule has 2 aromatic rings. The molecule has 0 bridgehead atoms. The standard InChI is InChI=1S/C16H19NO2S/c1-3-15(12-7-6-8-13(11-12)19-2)20(18)16-10-5-4-9-14(16)17/h4-11,15H,3,17H2,1-2H3/t15-,20+/m0/s1. The van der Waals surface area contributed by atoms with Crippen LogP contribution in [-0.2, 0) is 10.8 Å². The van der Waals surface area contributed by atoms with Crippen LogP contribution >= 0.6 is 0 Å². The number of hydrogen-bond acceptors (Lipinski definition) is 3. The molecular weight excluding hydrogens is 270 g/mol. The second kappa shape index (κ2) is 6.57. The number of nitrogen functional groups attached to an aromatic ring is 1. The molecule has 2 aromatic carbocycles. The van der Waals surface area contributed by atoms with Crippen LogP contribution in [0.2, 0.25) is 0 Å². The van der Waals surface area contributed by atoms with Gasteiger partial charge in [0.05, 0.1) is 28.1 Å². The van der Waals surface area contributed by atoms with Crippen molar-refractivity contribution in [3.05, 3.63) is 54.1 Å². The maximum Gasteiger partial charge on any atom is 0.119 e. The molecule has 0 spiro atoms. The molecule has 2 rings (SSSR count). The number of nitrogens with two attached hydrogens (primary N) is 1. The molecule has 3 nitrogen and oxygen atoms in total. The van der Waals surface area contributed by atoms with Gasteiger partial charge in [0.2, 0.25) is 0 Å². The van der Waals surface area contributed by atoms with Gasteiger partial charge in [0.15, 0.2) is 0 Å². The molecule has 20 heavy (non-hydrogen) atoms. The van der Waals surface area contributed by atoms with Gasteiger partial charge in [-0.15, -0.1) is 0 Å². The Morgan fingerprint density at radius 2 is 1.95 bits per heavy atom. The molecule has 0 aliphatic carbocycles. The summed E-state index contributed by atoms with van der Waals surface area (Å²) in [7, 11) is 0.457. The summed E-state index contributed by atoms with van der Waals surface area (Å²) in [6, 6.07) is 15.0. The van der Waals surface area contributed by atoms with E-state index >= 15 is 0 Å². The van der Waals surface area contributed by atoms with E-state index in [2.05, 4.69) is 0 Å². The summed E-state index contributed by atoms with van der Waals surface area (Å²) < 4.78 is 18.0. The van der Waals surface area contributed by atoms with Crippen molar-refractivity contribution >= 4 is 16.5 Å². The maximum absolute atomic E-state index is 12.8. The predicted molar refractivity (Wildman–Crippen MR) is 83.3 cm³/mol. The van der Waals surface area contributed by atoms with Crippen LogP contribution in [-0.4, -0.2) is 11.3 Å². The minimum Gasteiger partial charge on any atom is -0.497 e. The van der Waals surface area contributed by atoms with E-state index in [-0.39, 0.29) is 5.25 Å². The van der Waals surface area contributed by atoms with Crippen LogP contribution in [0.25, 0.3) is 0 Å². The van der Waals surface area contributed by atoms with E-state index in [4.69, 9.17) is 10.5 Å². The van der Waals surface area contributed by atoms with Gasteiger partial charge in [-0.1, -0.05) is 31.2 Å². The quantitative estimate of drug-likeness (QED) is 0.857. The Balaban J connectivity index is 2.37. The molecule has 0 aliphatic heterocycles. The molecule has 106 valence electrons. The van der Waals surface area contributed by atoms with Crippen molar-refractivity contribution in [2.45, 2.75) is 23.5 Å². The highest BCUT2D eigenvalue weighted by atomic mass is 32.2. The molecule has 2 atom stereocenters. The Hall–Kier alpha value is -1.81. The molecule has 4 heteroatoms. The first-order valence-corrected chi connectivity index (χ1v) is 7.77. The Bertz CT molecular complexity index is 613. The SMILES string of the molecule is CC[C@@H](c1cccc(OC)c1)[S@@](=O)c1ccccc1N. The van der Waals surface area contributed by atoms with Crippen molar-refractivity contribution in [3.8, 4) is 5.75 Å². The maximum atomic E-state index is 12.8. The topological polar surface area (TPSA) is 52.3 Å². The number of rotatable bonds is 5. The van der Waals surface area contributed by atoms with Crippen molar-refractivity contribution in [1.29, 1.82) is 0 Å². The third-order valence-corrected chi connectivity index (χ3v) is 5.16. The van der Waals surface area contributed by atoms with E-state index < -0.39 is 10.8 Å². The highest BCUT2D eigenvalue weighted by Crippen LogP contribution is 2.32. The minimum absolute atomic E-state index is 0.0881. The van der Waals surface area contributed by atoms with Gasteiger partial charge < -0.3 is 10.5 Å². The van der Waals surface area contributed by atoms with Crippen molar-refractivity contribution in [3.63, 3.8) is 0 Å². The van der Waals surface area contributed by atoms with E-state index in [0.29, 0.717) is 10.6 Å². The van der Waals surface area contributed by atoms with Crippen LogP contribution in [0.5, 0.6) is 5.75 Å². The van der Waals surface area contributed by atoms with Crippen LogP contribution in [0.15, 0.2) is 53.4 Å². The fourth-order valence-electron chi connectivity index (χ4n) is 2.17. The lowest BCUT2D eigenvalue weighted by Gasteiger charge is -2.17. The minimum atomic E-state index is -1.17. The first-order chi connectivity index (χ1) is 9.67. The predicted octanol–water partition coefficient (Wildman–Crippen LogP) is 3.54. The lowest BCUT2D eigenvalue weighted by molar-refractivity contribution is 0.414. The van der Waals surface area contributed by atoms with Gasteiger partial charge in [-0.05, 0) is 36.2 Å². The van der Waals surface area contributed by atoms with Gasteiger partial charge in [0.25, 0.3) is 0 Å². The van der Waals surface area contributed by atoms with E-state index in [0.717, 1.165) is 17.7 Å². The zero-order valence-corrected chi connectivity index (χ0v) is 12.5. The number of benzene rings is 2. The fourth-order valence-corrected chi connectivity index (χ4v) is 3.69. The number of ether oxygens (including phenoxy) is 1. The smallest absolute Gasteiger partial charge is 0.119 e. The van der Waals surface area contributed by atoms with Gasteiger partial charge in [-0.2, -0.15) is 0 Å². The van der Waals surface area contributed by atoms with Gasteiger partial charge >= 0.3 is 0 Å². The first-order valence-electron chi connectivity index (χ1n) is 6.56. The molecule has 2 N–H and O–H groups in total.